The van der Waals surface area contributed by atoms with Crippen molar-refractivity contribution in [3.05, 3.63) is 12.2 Å². The number of nitrogens with one attached hydrogen (secondary N) is 1. The van der Waals surface area contributed by atoms with E-state index < -0.39 is 0 Å². The lowest BCUT2D eigenvalue weighted by atomic mass is 10.2. The van der Waals surface area contributed by atoms with E-state index in [9.17, 15) is 0 Å². The molecule has 0 aromatic heterocycles. The normalized spacial score (nSPS) is 16.9. The molecule has 1 aliphatic carbocycles. The van der Waals surface area contributed by atoms with E-state index in [2.05, 4.69) is 23.8 Å². The van der Waals surface area contributed by atoms with Gasteiger partial charge in [-0.3, -0.25) is 0 Å². The largest absolute Gasteiger partial charge is 0.316 e. The van der Waals surface area contributed by atoms with E-state index in [0.717, 1.165) is 19.0 Å². The molecule has 0 radical (unpaired) electrons. The molecule has 1 rings (SSSR count). The van der Waals surface area contributed by atoms with Gasteiger partial charge in [-0.2, -0.15) is 0 Å². The van der Waals surface area contributed by atoms with Gasteiger partial charge in [0, 0.05) is 19.6 Å². The van der Waals surface area contributed by atoms with Gasteiger partial charge in [-0.25, -0.2) is 0 Å². The van der Waals surface area contributed by atoms with Crippen LogP contribution in [0.15, 0.2) is 12.2 Å². The zero-order chi connectivity index (χ0) is 8.97. The quantitative estimate of drug-likeness (QED) is 0.598. The molecule has 0 aromatic carbocycles. The van der Waals surface area contributed by atoms with Crippen LogP contribution in [-0.4, -0.2) is 38.6 Å². The Balaban J connectivity index is 2.06. The average Bonchev–Trinajstić information content (AvgIpc) is 2.71. The molecule has 2 heteroatoms. The van der Waals surface area contributed by atoms with Gasteiger partial charge in [0.2, 0.25) is 0 Å². The molecule has 0 unspecified atom stereocenters. The molecule has 2 nitrogen and oxygen atoms in total. The third-order valence-electron chi connectivity index (χ3n) is 2.19. The Morgan fingerprint density at radius 2 is 2.25 bits per heavy atom. The molecule has 0 aromatic rings. The summed E-state index contributed by atoms with van der Waals surface area (Å²) in [5.74, 6) is 0.984. The standard InChI is InChI=1S/C10H20N2/c1-9(6-11-2)7-12(3)8-10-4-5-10/h10-11H,1,4-8H2,2-3H3. The third kappa shape index (κ3) is 3.88. The topological polar surface area (TPSA) is 15.3 Å². The lowest BCUT2D eigenvalue weighted by Crippen LogP contribution is -2.26. The summed E-state index contributed by atoms with van der Waals surface area (Å²) < 4.78 is 0. The second-order valence-electron chi connectivity index (χ2n) is 3.92. The van der Waals surface area contributed by atoms with E-state index in [1.54, 1.807) is 0 Å². The molecule has 0 saturated heterocycles. The fourth-order valence-electron chi connectivity index (χ4n) is 1.49. The van der Waals surface area contributed by atoms with Crippen molar-refractivity contribution in [1.82, 2.24) is 10.2 Å². The molecule has 70 valence electrons. The first-order valence-electron chi connectivity index (χ1n) is 4.72. The molecule has 1 fully saturated rings. The van der Waals surface area contributed by atoms with Gasteiger partial charge in [-0.1, -0.05) is 6.58 Å². The molecule has 0 aliphatic heterocycles. The molecule has 0 bridgehead atoms. The monoisotopic (exact) mass is 168 g/mol. The number of nitrogens with zero attached hydrogens (tertiary/aromatic N) is 1. The first kappa shape index (κ1) is 9.75. The van der Waals surface area contributed by atoms with Gasteiger partial charge in [-0.05, 0) is 38.4 Å². The van der Waals surface area contributed by atoms with Crippen LogP contribution in [0.4, 0.5) is 0 Å². The molecule has 0 atom stereocenters. The molecule has 0 heterocycles. The van der Waals surface area contributed by atoms with E-state index in [-0.39, 0.29) is 0 Å². The maximum atomic E-state index is 4.01. The van der Waals surface area contributed by atoms with E-state index in [1.807, 2.05) is 7.05 Å². The summed E-state index contributed by atoms with van der Waals surface area (Å²) in [4.78, 5) is 2.37. The van der Waals surface area contributed by atoms with Gasteiger partial charge in [0.05, 0.1) is 0 Å². The van der Waals surface area contributed by atoms with Crippen LogP contribution < -0.4 is 5.32 Å². The minimum absolute atomic E-state index is 0.939. The Morgan fingerprint density at radius 1 is 1.58 bits per heavy atom. The second kappa shape index (κ2) is 4.63. The first-order chi connectivity index (χ1) is 5.72. The Morgan fingerprint density at radius 3 is 2.75 bits per heavy atom. The van der Waals surface area contributed by atoms with Gasteiger partial charge in [0.25, 0.3) is 0 Å². The highest BCUT2D eigenvalue weighted by atomic mass is 15.1. The van der Waals surface area contributed by atoms with Crippen LogP contribution in [0, 0.1) is 5.92 Å². The predicted octanol–water partition coefficient (Wildman–Crippen LogP) is 1.10. The molecular weight excluding hydrogens is 148 g/mol. The zero-order valence-electron chi connectivity index (χ0n) is 8.27. The van der Waals surface area contributed by atoms with Crippen LogP contribution in [0.2, 0.25) is 0 Å². The molecule has 1 N–H and O–H groups in total. The Bertz CT molecular complexity index is 150. The van der Waals surface area contributed by atoms with Gasteiger partial charge in [0.15, 0.2) is 0 Å². The molecule has 0 spiro atoms. The third-order valence-corrected chi connectivity index (χ3v) is 2.19. The number of hydrogen-bond acceptors (Lipinski definition) is 2. The summed E-state index contributed by atoms with van der Waals surface area (Å²) in [7, 11) is 4.14. The van der Waals surface area contributed by atoms with E-state index in [1.165, 1.54) is 25.0 Å². The highest BCUT2D eigenvalue weighted by Crippen LogP contribution is 2.29. The van der Waals surface area contributed by atoms with Crippen molar-refractivity contribution < 1.29 is 0 Å². The van der Waals surface area contributed by atoms with Crippen molar-refractivity contribution >= 4 is 0 Å². The highest BCUT2D eigenvalue weighted by Gasteiger charge is 2.22. The summed E-state index contributed by atoms with van der Waals surface area (Å²) in [6.07, 6.45) is 2.87. The molecule has 0 amide bonds. The summed E-state index contributed by atoms with van der Waals surface area (Å²) >= 11 is 0. The van der Waals surface area contributed by atoms with Gasteiger partial charge in [-0.15, -0.1) is 0 Å². The van der Waals surface area contributed by atoms with Crippen LogP contribution in [0.3, 0.4) is 0 Å². The maximum Gasteiger partial charge on any atom is 0.0199 e. The van der Waals surface area contributed by atoms with Crippen molar-refractivity contribution in [2.45, 2.75) is 12.8 Å². The molecular formula is C10H20N2. The SMILES string of the molecule is C=C(CNC)CN(C)CC1CC1. The number of likely N-dealkylation sites (N-methyl/N-ethyl adjacent to an activating group) is 2. The lowest BCUT2D eigenvalue weighted by Gasteiger charge is -2.17. The van der Waals surface area contributed by atoms with E-state index in [0.29, 0.717) is 0 Å². The fourth-order valence-corrected chi connectivity index (χ4v) is 1.49. The Hall–Kier alpha value is -0.340. The summed E-state index contributed by atoms with van der Waals surface area (Å²) in [6, 6.07) is 0. The molecule has 12 heavy (non-hydrogen) atoms. The van der Waals surface area contributed by atoms with Crippen molar-refractivity contribution in [2.24, 2.45) is 5.92 Å². The zero-order valence-corrected chi connectivity index (χ0v) is 8.27. The smallest absolute Gasteiger partial charge is 0.0199 e. The maximum absolute atomic E-state index is 4.01. The second-order valence-corrected chi connectivity index (χ2v) is 3.92. The minimum Gasteiger partial charge on any atom is -0.316 e. The van der Waals surface area contributed by atoms with Crippen LogP contribution in [0.5, 0.6) is 0 Å². The Kier molecular flexibility index (Phi) is 3.76. The van der Waals surface area contributed by atoms with Gasteiger partial charge >= 0.3 is 0 Å². The number of hydrogen-bond donors (Lipinski definition) is 1. The van der Waals surface area contributed by atoms with Crippen LogP contribution in [-0.2, 0) is 0 Å². The summed E-state index contributed by atoms with van der Waals surface area (Å²) in [5, 5.41) is 3.12. The minimum atomic E-state index is 0.939. The average molecular weight is 168 g/mol. The van der Waals surface area contributed by atoms with Crippen molar-refractivity contribution in [2.75, 3.05) is 33.7 Å². The molecule has 1 aliphatic rings. The lowest BCUT2D eigenvalue weighted by molar-refractivity contribution is 0.344. The predicted molar refractivity (Wildman–Crippen MR) is 53.3 cm³/mol. The van der Waals surface area contributed by atoms with Crippen molar-refractivity contribution in [3.8, 4) is 0 Å². The van der Waals surface area contributed by atoms with E-state index in [4.69, 9.17) is 0 Å². The summed E-state index contributed by atoms with van der Waals surface area (Å²) in [5.41, 5.74) is 1.28. The van der Waals surface area contributed by atoms with Crippen LogP contribution in [0.25, 0.3) is 0 Å². The summed E-state index contributed by atoms with van der Waals surface area (Å²) in [6.45, 7) is 7.24. The van der Waals surface area contributed by atoms with Gasteiger partial charge < -0.3 is 10.2 Å². The van der Waals surface area contributed by atoms with E-state index >= 15 is 0 Å². The fraction of sp³-hybridized carbons (Fsp3) is 0.800. The van der Waals surface area contributed by atoms with Gasteiger partial charge in [0.1, 0.15) is 0 Å². The highest BCUT2D eigenvalue weighted by molar-refractivity contribution is 4.99. The molecule has 1 saturated carbocycles. The van der Waals surface area contributed by atoms with Crippen molar-refractivity contribution in [1.29, 1.82) is 0 Å². The Labute approximate surface area is 75.6 Å². The number of rotatable bonds is 6. The van der Waals surface area contributed by atoms with Crippen LogP contribution >= 0.6 is 0 Å². The first-order valence-corrected chi connectivity index (χ1v) is 4.72. The van der Waals surface area contributed by atoms with Crippen molar-refractivity contribution in [3.63, 3.8) is 0 Å². The van der Waals surface area contributed by atoms with Crippen LogP contribution in [0.1, 0.15) is 12.8 Å².